The van der Waals surface area contributed by atoms with Gasteiger partial charge in [0.1, 0.15) is 13.2 Å². The van der Waals surface area contributed by atoms with Crippen molar-refractivity contribution in [1.29, 1.82) is 0 Å². The van der Waals surface area contributed by atoms with Crippen molar-refractivity contribution in [3.05, 3.63) is 23.8 Å². The first-order valence-electron chi connectivity index (χ1n) is 6.56. The fourth-order valence-electron chi connectivity index (χ4n) is 2.50. The molecule has 0 aromatic heterocycles. The number of ether oxygens (including phenoxy) is 2. The second-order valence-electron chi connectivity index (χ2n) is 5.11. The van der Waals surface area contributed by atoms with Crippen LogP contribution in [0.2, 0.25) is 0 Å². The Bertz CT molecular complexity index is 429. The molecule has 1 unspecified atom stereocenters. The van der Waals surface area contributed by atoms with Crippen molar-refractivity contribution in [1.82, 2.24) is 5.32 Å². The van der Waals surface area contributed by atoms with Crippen LogP contribution in [0.4, 0.5) is 0 Å². The van der Waals surface area contributed by atoms with E-state index in [9.17, 15) is 5.11 Å². The Morgan fingerprint density at radius 1 is 1.22 bits per heavy atom. The molecular weight excluding hydrogens is 230 g/mol. The molecule has 0 saturated heterocycles. The van der Waals surface area contributed by atoms with Crippen LogP contribution in [-0.4, -0.2) is 30.5 Å². The highest BCUT2D eigenvalue weighted by atomic mass is 16.6. The molecule has 2 N–H and O–H groups in total. The Hall–Kier alpha value is -1.26. The molecule has 0 bridgehead atoms. The number of benzene rings is 1. The minimum absolute atomic E-state index is 0.116. The zero-order valence-electron chi connectivity index (χ0n) is 10.6. The van der Waals surface area contributed by atoms with Crippen LogP contribution in [0.25, 0.3) is 0 Å². The van der Waals surface area contributed by atoms with Crippen LogP contribution in [0.3, 0.4) is 0 Å². The molecule has 98 valence electrons. The first-order chi connectivity index (χ1) is 8.72. The largest absolute Gasteiger partial charge is 0.486 e. The summed E-state index contributed by atoms with van der Waals surface area (Å²) < 4.78 is 11.1. The predicted molar refractivity (Wildman–Crippen MR) is 68.0 cm³/mol. The smallest absolute Gasteiger partial charge is 0.161 e. The van der Waals surface area contributed by atoms with Crippen molar-refractivity contribution < 1.29 is 14.6 Å². The standard InChI is InChI=1S/C14H19NO3/c1-9(15-11-7-12(16)8-11)10-2-3-13-14(6-10)18-5-4-17-13/h2-3,6,9,11-12,15-16H,4-5,7-8H2,1H3. The summed E-state index contributed by atoms with van der Waals surface area (Å²) in [6, 6.07) is 6.78. The van der Waals surface area contributed by atoms with Crippen molar-refractivity contribution in [3.63, 3.8) is 0 Å². The lowest BCUT2D eigenvalue weighted by molar-refractivity contribution is 0.0585. The van der Waals surface area contributed by atoms with Crippen LogP contribution in [0.5, 0.6) is 11.5 Å². The summed E-state index contributed by atoms with van der Waals surface area (Å²) in [7, 11) is 0. The summed E-state index contributed by atoms with van der Waals surface area (Å²) >= 11 is 0. The lowest BCUT2D eigenvalue weighted by Crippen LogP contribution is -2.45. The van der Waals surface area contributed by atoms with Gasteiger partial charge in [0.2, 0.25) is 0 Å². The molecule has 18 heavy (non-hydrogen) atoms. The van der Waals surface area contributed by atoms with E-state index < -0.39 is 0 Å². The molecule has 4 heteroatoms. The second-order valence-corrected chi connectivity index (χ2v) is 5.11. The van der Waals surface area contributed by atoms with Crippen LogP contribution in [0.15, 0.2) is 18.2 Å². The highest BCUT2D eigenvalue weighted by molar-refractivity contribution is 5.44. The summed E-state index contributed by atoms with van der Waals surface area (Å²) in [6.45, 7) is 3.38. The Labute approximate surface area is 107 Å². The number of hydrogen-bond donors (Lipinski definition) is 2. The van der Waals surface area contributed by atoms with Gasteiger partial charge >= 0.3 is 0 Å². The van der Waals surface area contributed by atoms with E-state index in [4.69, 9.17) is 9.47 Å². The second kappa shape index (κ2) is 4.78. The summed E-state index contributed by atoms with van der Waals surface area (Å²) in [5.41, 5.74) is 1.20. The highest BCUT2D eigenvalue weighted by Crippen LogP contribution is 2.33. The predicted octanol–water partition coefficient (Wildman–Crippen LogP) is 1.63. The molecule has 4 nitrogen and oxygen atoms in total. The maximum atomic E-state index is 9.28. The molecule has 1 saturated carbocycles. The van der Waals surface area contributed by atoms with Crippen LogP contribution in [0.1, 0.15) is 31.4 Å². The maximum Gasteiger partial charge on any atom is 0.161 e. The van der Waals surface area contributed by atoms with Crippen molar-refractivity contribution in [2.75, 3.05) is 13.2 Å². The fourth-order valence-corrected chi connectivity index (χ4v) is 2.50. The molecular formula is C14H19NO3. The number of rotatable bonds is 3. The summed E-state index contributed by atoms with van der Waals surface area (Å²) in [4.78, 5) is 0. The third kappa shape index (κ3) is 2.31. The van der Waals surface area contributed by atoms with Crippen LogP contribution >= 0.6 is 0 Å². The van der Waals surface area contributed by atoms with Gasteiger partial charge in [0, 0.05) is 12.1 Å². The van der Waals surface area contributed by atoms with Gasteiger partial charge in [0.05, 0.1) is 6.10 Å². The molecule has 1 aromatic rings. The molecule has 0 radical (unpaired) electrons. The van der Waals surface area contributed by atoms with Gasteiger partial charge < -0.3 is 19.9 Å². The van der Waals surface area contributed by atoms with E-state index in [0.29, 0.717) is 19.3 Å². The average molecular weight is 249 g/mol. The molecule has 1 atom stereocenters. The van der Waals surface area contributed by atoms with E-state index in [1.165, 1.54) is 5.56 Å². The first kappa shape index (κ1) is 11.8. The summed E-state index contributed by atoms with van der Waals surface area (Å²) in [6.07, 6.45) is 1.60. The van der Waals surface area contributed by atoms with E-state index in [0.717, 1.165) is 24.3 Å². The van der Waals surface area contributed by atoms with E-state index in [1.807, 2.05) is 12.1 Å². The molecule has 1 fully saturated rings. The summed E-state index contributed by atoms with van der Waals surface area (Å²) in [5, 5.41) is 12.8. The van der Waals surface area contributed by atoms with Gasteiger partial charge in [-0.05, 0) is 37.5 Å². The lowest BCUT2D eigenvalue weighted by Gasteiger charge is -2.34. The van der Waals surface area contributed by atoms with Crippen molar-refractivity contribution in [2.24, 2.45) is 0 Å². The topological polar surface area (TPSA) is 50.7 Å². The van der Waals surface area contributed by atoms with Crippen molar-refractivity contribution in [2.45, 2.75) is 38.0 Å². The Morgan fingerprint density at radius 2 is 1.94 bits per heavy atom. The van der Waals surface area contributed by atoms with Crippen molar-refractivity contribution >= 4 is 0 Å². The number of aliphatic hydroxyl groups is 1. The third-order valence-electron chi connectivity index (χ3n) is 3.67. The van der Waals surface area contributed by atoms with E-state index in [-0.39, 0.29) is 12.1 Å². The normalized spacial score (nSPS) is 27.4. The van der Waals surface area contributed by atoms with E-state index in [2.05, 4.69) is 18.3 Å². The minimum atomic E-state index is -0.116. The molecule has 3 rings (SSSR count). The fraction of sp³-hybridized carbons (Fsp3) is 0.571. The molecule has 1 heterocycles. The molecule has 0 spiro atoms. The van der Waals surface area contributed by atoms with Gasteiger partial charge in [-0.15, -0.1) is 0 Å². The number of fused-ring (bicyclic) bond motifs is 1. The van der Waals surface area contributed by atoms with Crippen LogP contribution in [-0.2, 0) is 0 Å². The number of aliphatic hydroxyl groups excluding tert-OH is 1. The Balaban J connectivity index is 1.67. The molecule has 1 aromatic carbocycles. The van der Waals surface area contributed by atoms with E-state index in [1.54, 1.807) is 0 Å². The number of nitrogens with one attached hydrogen (secondary N) is 1. The molecule has 0 amide bonds. The lowest BCUT2D eigenvalue weighted by atomic mass is 9.88. The van der Waals surface area contributed by atoms with Gasteiger partial charge in [-0.2, -0.15) is 0 Å². The summed E-state index contributed by atoms with van der Waals surface area (Å²) in [5.74, 6) is 1.66. The Kier molecular flexibility index (Phi) is 3.14. The monoisotopic (exact) mass is 249 g/mol. The van der Waals surface area contributed by atoms with Crippen LogP contribution in [0, 0.1) is 0 Å². The highest BCUT2D eigenvalue weighted by Gasteiger charge is 2.28. The van der Waals surface area contributed by atoms with Gasteiger partial charge in [-0.1, -0.05) is 6.07 Å². The van der Waals surface area contributed by atoms with Gasteiger partial charge in [0.15, 0.2) is 11.5 Å². The van der Waals surface area contributed by atoms with Gasteiger partial charge in [-0.3, -0.25) is 0 Å². The van der Waals surface area contributed by atoms with Gasteiger partial charge in [-0.25, -0.2) is 0 Å². The zero-order valence-corrected chi connectivity index (χ0v) is 10.6. The Morgan fingerprint density at radius 3 is 2.67 bits per heavy atom. The average Bonchev–Trinajstić information content (AvgIpc) is 2.36. The first-order valence-corrected chi connectivity index (χ1v) is 6.56. The molecule has 1 aliphatic heterocycles. The third-order valence-corrected chi connectivity index (χ3v) is 3.67. The van der Waals surface area contributed by atoms with Crippen LogP contribution < -0.4 is 14.8 Å². The zero-order chi connectivity index (χ0) is 12.5. The van der Waals surface area contributed by atoms with Crippen molar-refractivity contribution in [3.8, 4) is 11.5 Å². The maximum absolute atomic E-state index is 9.28. The molecule has 2 aliphatic rings. The SMILES string of the molecule is CC(NC1CC(O)C1)c1ccc2c(c1)OCCO2. The molecule has 1 aliphatic carbocycles. The number of hydrogen-bond acceptors (Lipinski definition) is 4. The van der Waals surface area contributed by atoms with E-state index >= 15 is 0 Å². The van der Waals surface area contributed by atoms with Gasteiger partial charge in [0.25, 0.3) is 0 Å². The quantitative estimate of drug-likeness (QED) is 0.855. The minimum Gasteiger partial charge on any atom is -0.486 e.